The van der Waals surface area contributed by atoms with E-state index in [2.05, 4.69) is 10.6 Å². The van der Waals surface area contributed by atoms with Crippen LogP contribution in [0, 0.1) is 0 Å². The van der Waals surface area contributed by atoms with Crippen molar-refractivity contribution < 1.29 is 34.3 Å². The highest BCUT2D eigenvalue weighted by molar-refractivity contribution is 5.87. The van der Waals surface area contributed by atoms with Crippen LogP contribution in [-0.2, 0) is 19.0 Å². The third-order valence-electron chi connectivity index (χ3n) is 4.93. The van der Waals surface area contributed by atoms with Gasteiger partial charge in [-0.25, -0.2) is 0 Å². The second-order valence-electron chi connectivity index (χ2n) is 6.40. The van der Waals surface area contributed by atoms with Crippen molar-refractivity contribution in [1.29, 1.82) is 0 Å². The molecule has 2 heterocycles. The molecule has 3 fully saturated rings. The fraction of sp³-hybridized carbons (Fsp3) is 0.929. The molecule has 0 radical (unpaired) electrons. The highest BCUT2D eigenvalue weighted by atomic mass is 16.8. The first-order chi connectivity index (χ1) is 10.8. The number of rotatable bonds is 2. The Balaban J connectivity index is 1.92. The van der Waals surface area contributed by atoms with E-state index in [9.17, 15) is 20.1 Å². The van der Waals surface area contributed by atoms with Crippen LogP contribution < -0.4 is 10.6 Å². The average molecular weight is 332 g/mol. The van der Waals surface area contributed by atoms with Crippen LogP contribution in [0.1, 0.15) is 13.3 Å². The van der Waals surface area contributed by atoms with E-state index in [1.807, 2.05) is 0 Å². The number of Topliss-reactive ketones (excluding diaryl/α,β-unsaturated/α-hetero) is 1. The van der Waals surface area contributed by atoms with Crippen molar-refractivity contribution in [1.82, 2.24) is 10.6 Å². The van der Waals surface area contributed by atoms with Crippen molar-refractivity contribution in [2.45, 2.75) is 68.0 Å². The van der Waals surface area contributed by atoms with Gasteiger partial charge >= 0.3 is 0 Å². The highest BCUT2D eigenvalue weighted by Crippen LogP contribution is 2.40. The molecule has 23 heavy (non-hydrogen) atoms. The standard InChI is InChI=1S/C14H24N2O7/c1-5-4-6(17)14(20)13(21-5)22-12-10(19)7(15-2)9(18)8(16-3)11(12)23-14/h5,7-13,15-16,18-20H,4H2,1-3H3/t5-,7-,8+,9+,10+,11+,12-,13+,14-/m1/s1. The molecule has 0 aromatic carbocycles. The topological polar surface area (TPSA) is 130 Å². The average Bonchev–Trinajstić information content (AvgIpc) is 2.49. The minimum absolute atomic E-state index is 0.00220. The Morgan fingerprint density at radius 1 is 1.09 bits per heavy atom. The lowest BCUT2D eigenvalue weighted by molar-refractivity contribution is -0.420. The molecule has 2 saturated heterocycles. The Kier molecular flexibility index (Phi) is 4.49. The van der Waals surface area contributed by atoms with Gasteiger partial charge in [0, 0.05) is 6.42 Å². The maximum atomic E-state index is 12.2. The first kappa shape index (κ1) is 17.2. The van der Waals surface area contributed by atoms with Gasteiger partial charge in [-0.15, -0.1) is 0 Å². The number of carbonyl (C=O) groups excluding carboxylic acids is 1. The van der Waals surface area contributed by atoms with Gasteiger partial charge in [0.1, 0.15) is 18.3 Å². The quantitative estimate of drug-likeness (QED) is 0.361. The lowest BCUT2D eigenvalue weighted by Gasteiger charge is -2.55. The number of fused-ring (bicyclic) bond motifs is 2. The van der Waals surface area contributed by atoms with Crippen molar-refractivity contribution in [3.63, 3.8) is 0 Å². The van der Waals surface area contributed by atoms with E-state index in [0.29, 0.717) is 0 Å². The van der Waals surface area contributed by atoms with Gasteiger partial charge in [0.2, 0.25) is 6.29 Å². The van der Waals surface area contributed by atoms with Crippen molar-refractivity contribution in [3.05, 3.63) is 0 Å². The van der Waals surface area contributed by atoms with E-state index in [1.165, 1.54) is 0 Å². The first-order valence-electron chi connectivity index (χ1n) is 7.78. The lowest BCUT2D eigenvalue weighted by Crippen LogP contribution is -2.77. The van der Waals surface area contributed by atoms with Gasteiger partial charge in [-0.1, -0.05) is 0 Å². The lowest BCUT2D eigenvalue weighted by atomic mass is 9.80. The molecular weight excluding hydrogens is 308 g/mol. The second-order valence-corrected chi connectivity index (χ2v) is 6.40. The first-order valence-corrected chi connectivity index (χ1v) is 7.78. The summed E-state index contributed by atoms with van der Waals surface area (Å²) in [7, 11) is 3.24. The fourth-order valence-corrected chi connectivity index (χ4v) is 3.68. The van der Waals surface area contributed by atoms with E-state index in [0.717, 1.165) is 0 Å². The molecule has 0 unspecified atom stereocenters. The molecule has 3 rings (SSSR count). The molecule has 9 atom stereocenters. The normalized spacial score (nSPS) is 53.6. The fourth-order valence-electron chi connectivity index (χ4n) is 3.68. The minimum Gasteiger partial charge on any atom is -0.390 e. The Morgan fingerprint density at radius 2 is 1.74 bits per heavy atom. The highest BCUT2D eigenvalue weighted by Gasteiger charge is 2.63. The van der Waals surface area contributed by atoms with Gasteiger partial charge in [-0.2, -0.15) is 0 Å². The molecule has 3 aliphatic rings. The summed E-state index contributed by atoms with van der Waals surface area (Å²) >= 11 is 0. The van der Waals surface area contributed by atoms with Gasteiger partial charge in [0.25, 0.3) is 5.79 Å². The zero-order valence-electron chi connectivity index (χ0n) is 13.3. The Morgan fingerprint density at radius 3 is 2.35 bits per heavy atom. The molecule has 0 amide bonds. The number of likely N-dealkylation sites (N-methyl/N-ethyl adjacent to an activating group) is 2. The molecule has 132 valence electrons. The number of hydrogen-bond acceptors (Lipinski definition) is 9. The van der Waals surface area contributed by atoms with Crippen molar-refractivity contribution >= 4 is 5.78 Å². The van der Waals surface area contributed by atoms with Crippen LogP contribution >= 0.6 is 0 Å². The predicted molar refractivity (Wildman–Crippen MR) is 76.4 cm³/mol. The number of hydrogen-bond donors (Lipinski definition) is 5. The Hall–Kier alpha value is -0.650. The predicted octanol–water partition coefficient (Wildman–Crippen LogP) is -2.93. The summed E-state index contributed by atoms with van der Waals surface area (Å²) in [5.41, 5.74) is 0. The van der Waals surface area contributed by atoms with Gasteiger partial charge in [0.05, 0.1) is 24.3 Å². The smallest absolute Gasteiger partial charge is 0.280 e. The number of carbonyl (C=O) groups is 1. The monoisotopic (exact) mass is 332 g/mol. The molecule has 9 heteroatoms. The second kappa shape index (κ2) is 6.01. The van der Waals surface area contributed by atoms with Gasteiger partial charge in [-0.3, -0.25) is 4.79 Å². The molecule has 0 aromatic heterocycles. The molecule has 0 bridgehead atoms. The molecule has 2 aliphatic heterocycles. The third-order valence-corrected chi connectivity index (χ3v) is 4.93. The van der Waals surface area contributed by atoms with Crippen LogP contribution in [0.25, 0.3) is 0 Å². The summed E-state index contributed by atoms with van der Waals surface area (Å²) in [5, 5.41) is 37.2. The van der Waals surface area contributed by atoms with Crippen molar-refractivity contribution in [3.8, 4) is 0 Å². The molecular formula is C14H24N2O7. The van der Waals surface area contributed by atoms with Crippen LogP contribution in [0.4, 0.5) is 0 Å². The summed E-state index contributed by atoms with van der Waals surface area (Å²) in [6, 6.07) is -1.29. The van der Waals surface area contributed by atoms with E-state index in [1.54, 1.807) is 21.0 Å². The van der Waals surface area contributed by atoms with Crippen LogP contribution in [0.3, 0.4) is 0 Å². The van der Waals surface area contributed by atoms with Crippen LogP contribution in [0.15, 0.2) is 0 Å². The van der Waals surface area contributed by atoms with Gasteiger partial charge < -0.3 is 40.2 Å². The maximum absolute atomic E-state index is 12.2. The largest absolute Gasteiger partial charge is 0.390 e. The molecule has 1 aliphatic carbocycles. The number of ketones is 1. The Labute approximate surface area is 133 Å². The summed E-state index contributed by atoms with van der Waals surface area (Å²) in [5.74, 6) is -2.76. The molecule has 9 nitrogen and oxygen atoms in total. The van der Waals surface area contributed by atoms with E-state index in [4.69, 9.17) is 14.2 Å². The molecule has 1 saturated carbocycles. The number of nitrogens with one attached hydrogen (secondary N) is 2. The van der Waals surface area contributed by atoms with Crippen molar-refractivity contribution in [2.75, 3.05) is 14.1 Å². The third kappa shape index (κ3) is 2.52. The molecule has 0 aromatic rings. The SMILES string of the molecule is CN[C@@H]1[C@H](O)[C@H](NC)[C@@H]2O[C@]3(O)C(=O)C[C@@H](C)O[C@H]3O[C@@H]2[C@H]1O. The van der Waals surface area contributed by atoms with E-state index in [-0.39, 0.29) is 6.42 Å². The number of aliphatic hydroxyl groups is 3. The van der Waals surface area contributed by atoms with E-state index < -0.39 is 60.5 Å². The zero-order chi connectivity index (χ0) is 16.9. The van der Waals surface area contributed by atoms with Gasteiger partial charge in [0.15, 0.2) is 5.78 Å². The summed E-state index contributed by atoms with van der Waals surface area (Å²) in [4.78, 5) is 12.2. The summed E-state index contributed by atoms with van der Waals surface area (Å²) in [6.45, 7) is 1.70. The molecule has 0 spiro atoms. The Bertz CT molecular complexity index is 478. The summed E-state index contributed by atoms with van der Waals surface area (Å²) < 4.78 is 16.8. The summed E-state index contributed by atoms with van der Waals surface area (Å²) in [6.07, 6.45) is -5.58. The minimum atomic E-state index is -2.23. The van der Waals surface area contributed by atoms with Crippen LogP contribution in [0.2, 0.25) is 0 Å². The number of aliphatic hydroxyl groups excluding tert-OH is 2. The molecule has 5 N–H and O–H groups in total. The van der Waals surface area contributed by atoms with E-state index >= 15 is 0 Å². The maximum Gasteiger partial charge on any atom is 0.280 e. The van der Waals surface area contributed by atoms with Crippen molar-refractivity contribution in [2.24, 2.45) is 0 Å². The number of ether oxygens (including phenoxy) is 3. The van der Waals surface area contributed by atoms with Crippen LogP contribution in [-0.4, -0.2) is 89.9 Å². The van der Waals surface area contributed by atoms with Crippen LogP contribution in [0.5, 0.6) is 0 Å². The zero-order valence-corrected chi connectivity index (χ0v) is 13.3. The van der Waals surface area contributed by atoms with Gasteiger partial charge in [-0.05, 0) is 21.0 Å².